The summed E-state index contributed by atoms with van der Waals surface area (Å²) in [5.74, 6) is -0.334. The molecular formula is C31H35Cl2N3O5S. The van der Waals surface area contributed by atoms with E-state index in [1.807, 2.05) is 0 Å². The van der Waals surface area contributed by atoms with Crippen molar-refractivity contribution >= 4 is 50.7 Å². The Hall–Kier alpha value is -3.27. The van der Waals surface area contributed by atoms with Gasteiger partial charge in [0, 0.05) is 22.6 Å². The molecule has 42 heavy (non-hydrogen) atoms. The lowest BCUT2D eigenvalue weighted by atomic mass is 9.95. The van der Waals surface area contributed by atoms with Crippen LogP contribution in [0.5, 0.6) is 5.75 Å². The summed E-state index contributed by atoms with van der Waals surface area (Å²) in [6.45, 7) is 1.08. The molecule has 8 nitrogen and oxygen atoms in total. The molecule has 0 unspecified atom stereocenters. The van der Waals surface area contributed by atoms with Gasteiger partial charge in [0.15, 0.2) is 0 Å². The molecule has 3 aromatic rings. The van der Waals surface area contributed by atoms with E-state index in [1.165, 1.54) is 24.1 Å². The van der Waals surface area contributed by atoms with Crippen LogP contribution in [0.25, 0.3) is 0 Å². The van der Waals surface area contributed by atoms with Gasteiger partial charge in [0.2, 0.25) is 11.8 Å². The number of carbonyl (C=O) groups excluding carboxylic acids is 2. The van der Waals surface area contributed by atoms with Crippen LogP contribution in [0.2, 0.25) is 10.0 Å². The molecule has 0 aliphatic heterocycles. The minimum Gasteiger partial charge on any atom is -0.497 e. The van der Waals surface area contributed by atoms with Crippen LogP contribution in [0.3, 0.4) is 0 Å². The zero-order valence-corrected chi connectivity index (χ0v) is 26.0. The van der Waals surface area contributed by atoms with Crippen LogP contribution >= 0.6 is 23.2 Å². The van der Waals surface area contributed by atoms with E-state index in [2.05, 4.69) is 5.32 Å². The monoisotopic (exact) mass is 631 g/mol. The minimum atomic E-state index is -4.16. The molecule has 1 atom stereocenters. The van der Waals surface area contributed by atoms with Gasteiger partial charge in [-0.1, -0.05) is 66.7 Å². The summed E-state index contributed by atoms with van der Waals surface area (Å²) in [4.78, 5) is 28.9. The topological polar surface area (TPSA) is 96.0 Å². The van der Waals surface area contributed by atoms with Crippen molar-refractivity contribution in [2.75, 3.05) is 18.0 Å². The summed E-state index contributed by atoms with van der Waals surface area (Å²) >= 11 is 12.6. The highest BCUT2D eigenvalue weighted by molar-refractivity contribution is 7.92. The fourth-order valence-corrected chi connectivity index (χ4v) is 6.89. The highest BCUT2D eigenvalue weighted by Crippen LogP contribution is 2.28. The van der Waals surface area contributed by atoms with E-state index in [0.717, 1.165) is 36.4 Å². The van der Waals surface area contributed by atoms with Crippen molar-refractivity contribution in [1.82, 2.24) is 10.2 Å². The van der Waals surface area contributed by atoms with Crippen molar-refractivity contribution in [1.29, 1.82) is 0 Å². The highest BCUT2D eigenvalue weighted by atomic mass is 35.5. The molecule has 2 amide bonds. The molecule has 0 heterocycles. The second-order valence-electron chi connectivity index (χ2n) is 10.3. The van der Waals surface area contributed by atoms with Crippen LogP contribution in [0.1, 0.15) is 44.6 Å². The summed E-state index contributed by atoms with van der Waals surface area (Å²) in [6.07, 6.45) is 4.98. The molecule has 1 aliphatic rings. The quantitative estimate of drug-likeness (QED) is 0.277. The summed E-state index contributed by atoms with van der Waals surface area (Å²) in [6, 6.07) is 18.4. The molecule has 3 aromatic carbocycles. The van der Waals surface area contributed by atoms with E-state index in [1.54, 1.807) is 67.6 Å². The Morgan fingerprint density at radius 2 is 1.64 bits per heavy atom. The fourth-order valence-electron chi connectivity index (χ4n) is 4.98. The number of benzene rings is 3. The van der Waals surface area contributed by atoms with Crippen molar-refractivity contribution in [2.24, 2.45) is 0 Å². The second kappa shape index (κ2) is 14.3. The first-order chi connectivity index (χ1) is 20.1. The molecule has 1 saturated carbocycles. The number of nitrogens with one attached hydrogen (secondary N) is 1. The van der Waals surface area contributed by atoms with Gasteiger partial charge in [-0.05, 0) is 73.9 Å². The average Bonchev–Trinajstić information content (AvgIpc) is 3.00. The molecule has 1 fully saturated rings. The smallest absolute Gasteiger partial charge is 0.264 e. The average molecular weight is 633 g/mol. The third kappa shape index (κ3) is 7.76. The first-order valence-electron chi connectivity index (χ1n) is 13.9. The third-order valence-corrected chi connectivity index (χ3v) is 9.82. The summed E-state index contributed by atoms with van der Waals surface area (Å²) in [7, 11) is -2.65. The number of methoxy groups -OCH3 is 1. The van der Waals surface area contributed by atoms with Gasteiger partial charge in [0.25, 0.3) is 10.0 Å². The molecule has 0 saturated heterocycles. The number of hydrogen-bond acceptors (Lipinski definition) is 5. The summed E-state index contributed by atoms with van der Waals surface area (Å²) in [5.41, 5.74) is 0.852. The number of halogens is 2. The number of rotatable bonds is 11. The lowest BCUT2D eigenvalue weighted by Crippen LogP contribution is -2.53. The molecule has 4 rings (SSSR count). The largest absolute Gasteiger partial charge is 0.497 e. The molecule has 1 aliphatic carbocycles. The molecular weight excluding hydrogens is 597 g/mol. The van der Waals surface area contributed by atoms with Crippen molar-refractivity contribution < 1.29 is 22.7 Å². The normalized spacial score (nSPS) is 14.6. The van der Waals surface area contributed by atoms with E-state index in [9.17, 15) is 18.0 Å². The third-order valence-electron chi connectivity index (χ3n) is 7.45. The molecule has 11 heteroatoms. The Morgan fingerprint density at radius 3 is 2.26 bits per heavy atom. The summed E-state index contributed by atoms with van der Waals surface area (Å²) in [5, 5.41) is 3.86. The maximum atomic E-state index is 14.1. The van der Waals surface area contributed by atoms with E-state index >= 15 is 0 Å². The number of anilines is 1. The zero-order chi connectivity index (χ0) is 30.3. The second-order valence-corrected chi connectivity index (χ2v) is 13.0. The minimum absolute atomic E-state index is 0.0179. The van der Waals surface area contributed by atoms with Crippen molar-refractivity contribution in [3.63, 3.8) is 0 Å². The van der Waals surface area contributed by atoms with E-state index < -0.39 is 28.5 Å². The maximum Gasteiger partial charge on any atom is 0.264 e. The first kappa shape index (κ1) is 31.7. The van der Waals surface area contributed by atoms with E-state index in [4.69, 9.17) is 27.9 Å². The summed E-state index contributed by atoms with van der Waals surface area (Å²) < 4.78 is 34.0. The predicted molar refractivity (Wildman–Crippen MR) is 165 cm³/mol. The number of ether oxygens (including phenoxy) is 1. The lowest BCUT2D eigenvalue weighted by molar-refractivity contribution is -0.139. The molecule has 1 N–H and O–H groups in total. The molecule has 0 aromatic heterocycles. The number of amides is 2. The Bertz CT molecular complexity index is 1480. The van der Waals surface area contributed by atoms with Crippen molar-refractivity contribution in [2.45, 2.75) is 62.6 Å². The molecule has 0 radical (unpaired) electrons. The van der Waals surface area contributed by atoms with Crippen LogP contribution < -0.4 is 14.4 Å². The van der Waals surface area contributed by atoms with Gasteiger partial charge in [-0.25, -0.2) is 8.42 Å². The van der Waals surface area contributed by atoms with Crippen LogP contribution in [0, 0.1) is 0 Å². The van der Waals surface area contributed by atoms with Gasteiger partial charge in [-0.3, -0.25) is 13.9 Å². The van der Waals surface area contributed by atoms with Gasteiger partial charge in [0.1, 0.15) is 18.3 Å². The zero-order valence-electron chi connectivity index (χ0n) is 23.6. The van der Waals surface area contributed by atoms with Gasteiger partial charge >= 0.3 is 0 Å². The van der Waals surface area contributed by atoms with Crippen molar-refractivity contribution in [3.8, 4) is 5.75 Å². The first-order valence-corrected chi connectivity index (χ1v) is 16.1. The predicted octanol–water partition coefficient (Wildman–Crippen LogP) is 6.06. The number of sulfonamides is 1. The van der Waals surface area contributed by atoms with Crippen molar-refractivity contribution in [3.05, 3.63) is 88.4 Å². The van der Waals surface area contributed by atoms with Crippen LogP contribution in [-0.2, 0) is 26.2 Å². The van der Waals surface area contributed by atoms with Gasteiger partial charge in [-0.2, -0.15) is 0 Å². The lowest BCUT2D eigenvalue weighted by Gasteiger charge is -2.33. The fraction of sp³-hybridized carbons (Fsp3) is 0.355. The standard InChI is InChI=1S/C31H35Cl2N3O5S/c1-22(31(38)34-25-9-5-3-6-10-25)35(20-23-13-14-24(32)19-29(23)33)30(37)21-36(26-15-17-27(41-2)18-16-26)42(39,40)28-11-7-4-8-12-28/h4,7-8,11-19,22,25H,3,5-6,9-10,20-21H2,1-2H3,(H,34,38)/t22-/m0/s1. The molecule has 0 spiro atoms. The van der Waals surface area contributed by atoms with Gasteiger partial charge < -0.3 is 15.0 Å². The Labute approximate surface area is 257 Å². The number of carbonyl (C=O) groups is 2. The Balaban J connectivity index is 1.69. The Kier molecular flexibility index (Phi) is 10.8. The number of nitrogens with zero attached hydrogens (tertiary/aromatic N) is 2. The van der Waals surface area contributed by atoms with Gasteiger partial charge in [-0.15, -0.1) is 0 Å². The van der Waals surface area contributed by atoms with Gasteiger partial charge in [0.05, 0.1) is 17.7 Å². The molecule has 224 valence electrons. The van der Waals surface area contributed by atoms with Crippen LogP contribution in [-0.4, -0.2) is 50.9 Å². The van der Waals surface area contributed by atoms with Crippen LogP contribution in [0.4, 0.5) is 5.69 Å². The van der Waals surface area contributed by atoms with E-state index in [-0.39, 0.29) is 29.1 Å². The Morgan fingerprint density at radius 1 is 0.976 bits per heavy atom. The molecule has 0 bridgehead atoms. The number of hydrogen-bond donors (Lipinski definition) is 1. The van der Waals surface area contributed by atoms with E-state index in [0.29, 0.717) is 21.4 Å². The van der Waals surface area contributed by atoms with Crippen LogP contribution in [0.15, 0.2) is 77.7 Å². The highest BCUT2D eigenvalue weighted by Gasteiger charge is 2.33. The maximum absolute atomic E-state index is 14.1. The SMILES string of the molecule is COc1ccc(N(CC(=O)N(Cc2ccc(Cl)cc2Cl)[C@@H](C)C(=O)NC2CCCCC2)S(=O)(=O)c2ccccc2)cc1.